The van der Waals surface area contributed by atoms with Gasteiger partial charge < -0.3 is 5.32 Å². The third-order valence-electron chi connectivity index (χ3n) is 4.64. The van der Waals surface area contributed by atoms with Crippen molar-refractivity contribution in [3.8, 4) is 0 Å². The summed E-state index contributed by atoms with van der Waals surface area (Å²) in [6.07, 6.45) is 5.95. The summed E-state index contributed by atoms with van der Waals surface area (Å²) in [5.74, 6) is 0. The topological polar surface area (TPSA) is 58.2 Å². The van der Waals surface area contributed by atoms with E-state index in [-0.39, 0.29) is 5.41 Å². The van der Waals surface area contributed by atoms with Crippen LogP contribution in [0.3, 0.4) is 0 Å². The van der Waals surface area contributed by atoms with Crippen LogP contribution in [0.15, 0.2) is 10.3 Å². The monoisotopic (exact) mass is 328 g/mol. The zero-order chi connectivity index (χ0) is 15.1. The van der Waals surface area contributed by atoms with Gasteiger partial charge in [0.25, 0.3) is 0 Å². The first-order valence-electron chi connectivity index (χ1n) is 7.70. The molecule has 6 heteroatoms. The number of rotatable bonds is 7. The van der Waals surface area contributed by atoms with Gasteiger partial charge in [0, 0.05) is 24.0 Å². The Kier molecular flexibility index (Phi) is 4.16. The molecule has 0 aromatic carbocycles. The van der Waals surface area contributed by atoms with Crippen molar-refractivity contribution in [3.63, 3.8) is 0 Å². The predicted molar refractivity (Wildman–Crippen MR) is 86.1 cm³/mol. The Balaban J connectivity index is 1.64. The lowest BCUT2D eigenvalue weighted by molar-refractivity contribution is 0.166. The Morgan fingerprint density at radius 2 is 2.10 bits per heavy atom. The summed E-state index contributed by atoms with van der Waals surface area (Å²) in [6, 6.07) is 2.45. The highest BCUT2D eigenvalue weighted by Crippen LogP contribution is 2.40. The molecule has 3 rings (SSSR count). The fourth-order valence-electron chi connectivity index (χ4n) is 2.62. The molecule has 0 unspecified atom stereocenters. The molecule has 0 atom stereocenters. The van der Waals surface area contributed by atoms with Gasteiger partial charge >= 0.3 is 0 Å². The van der Waals surface area contributed by atoms with Crippen LogP contribution in [-0.2, 0) is 16.6 Å². The summed E-state index contributed by atoms with van der Waals surface area (Å²) in [6.45, 7) is 5.49. The van der Waals surface area contributed by atoms with E-state index in [1.54, 1.807) is 6.07 Å². The number of nitrogens with one attached hydrogen (secondary N) is 2. The van der Waals surface area contributed by atoms with Crippen molar-refractivity contribution in [2.45, 2.75) is 62.7 Å². The fourth-order valence-corrected chi connectivity index (χ4v) is 5.40. The second-order valence-corrected chi connectivity index (χ2v) is 9.95. The minimum Gasteiger partial charge on any atom is -0.309 e. The van der Waals surface area contributed by atoms with E-state index in [9.17, 15) is 8.42 Å². The molecule has 2 fully saturated rings. The maximum atomic E-state index is 12.4. The van der Waals surface area contributed by atoms with E-state index in [0.717, 1.165) is 29.8 Å². The van der Waals surface area contributed by atoms with Gasteiger partial charge in [0.05, 0.1) is 0 Å². The van der Waals surface area contributed by atoms with Crippen molar-refractivity contribution in [1.82, 2.24) is 10.0 Å². The van der Waals surface area contributed by atoms with Crippen molar-refractivity contribution >= 4 is 21.4 Å². The van der Waals surface area contributed by atoms with Crippen molar-refractivity contribution < 1.29 is 8.42 Å². The highest BCUT2D eigenvalue weighted by molar-refractivity contribution is 7.91. The van der Waals surface area contributed by atoms with Gasteiger partial charge in [0.1, 0.15) is 4.21 Å². The van der Waals surface area contributed by atoms with E-state index >= 15 is 0 Å². The van der Waals surface area contributed by atoms with Gasteiger partial charge in [-0.05, 0) is 49.7 Å². The molecule has 2 aliphatic rings. The minimum atomic E-state index is -3.35. The molecular weight excluding hydrogens is 304 g/mol. The second kappa shape index (κ2) is 5.65. The number of thiophene rings is 1. The van der Waals surface area contributed by atoms with E-state index < -0.39 is 10.0 Å². The van der Waals surface area contributed by atoms with Crippen LogP contribution in [0.4, 0.5) is 0 Å². The maximum absolute atomic E-state index is 12.4. The van der Waals surface area contributed by atoms with Crippen molar-refractivity contribution in [3.05, 3.63) is 16.5 Å². The molecule has 1 aromatic heterocycles. The van der Waals surface area contributed by atoms with Gasteiger partial charge in [-0.3, -0.25) is 0 Å². The van der Waals surface area contributed by atoms with E-state index in [4.69, 9.17) is 0 Å². The van der Waals surface area contributed by atoms with Crippen molar-refractivity contribution in [2.24, 2.45) is 5.41 Å². The Bertz CT molecular complexity index is 614. The van der Waals surface area contributed by atoms with Crippen LogP contribution in [0, 0.1) is 12.3 Å². The highest BCUT2D eigenvalue weighted by Gasteiger charge is 2.33. The normalized spacial score (nSPS) is 21.2. The van der Waals surface area contributed by atoms with Crippen molar-refractivity contribution in [2.75, 3.05) is 6.54 Å². The Hall–Kier alpha value is -0.430. The standard InChI is InChI=1S/C15H24N2O2S2/c1-11-8-14(20-13(11)9-16-12-4-5-12)21(18,19)17-10-15(2)6-3-7-15/h8,12,16-17H,3-7,9-10H2,1-2H3. The van der Waals surface area contributed by atoms with Crippen molar-refractivity contribution in [1.29, 1.82) is 0 Å². The zero-order valence-electron chi connectivity index (χ0n) is 12.7. The molecule has 1 aromatic rings. The predicted octanol–water partition coefficient (Wildman–Crippen LogP) is 2.78. The number of sulfonamides is 1. The lowest BCUT2D eigenvalue weighted by atomic mass is 9.71. The average Bonchev–Trinajstić information content (AvgIpc) is 3.15. The van der Waals surface area contributed by atoms with Gasteiger partial charge in [-0.15, -0.1) is 11.3 Å². The third kappa shape index (κ3) is 3.67. The van der Waals surface area contributed by atoms with E-state index in [1.807, 2.05) is 6.92 Å². The summed E-state index contributed by atoms with van der Waals surface area (Å²) in [5, 5.41) is 3.45. The lowest BCUT2D eigenvalue weighted by Gasteiger charge is -2.38. The molecule has 0 radical (unpaired) electrons. The molecule has 0 saturated heterocycles. The molecule has 0 spiro atoms. The van der Waals surface area contributed by atoms with Crippen LogP contribution in [-0.4, -0.2) is 21.0 Å². The summed E-state index contributed by atoms with van der Waals surface area (Å²) < 4.78 is 28.1. The molecule has 0 bridgehead atoms. The molecule has 1 heterocycles. The molecule has 4 nitrogen and oxygen atoms in total. The first kappa shape index (κ1) is 15.5. The third-order valence-corrected chi connectivity index (χ3v) is 7.75. The Labute approximate surface area is 131 Å². The molecule has 2 aliphatic carbocycles. The molecular formula is C15H24N2O2S2. The van der Waals surface area contributed by atoms with Gasteiger partial charge in [-0.1, -0.05) is 13.3 Å². The summed E-state index contributed by atoms with van der Waals surface area (Å²) in [5.41, 5.74) is 1.24. The van der Waals surface area contributed by atoms with Gasteiger partial charge in [0.15, 0.2) is 0 Å². The summed E-state index contributed by atoms with van der Waals surface area (Å²) in [4.78, 5) is 1.14. The quantitative estimate of drug-likeness (QED) is 0.809. The molecule has 118 valence electrons. The summed E-state index contributed by atoms with van der Waals surface area (Å²) in [7, 11) is -3.35. The van der Waals surface area contributed by atoms with Gasteiger partial charge in [-0.25, -0.2) is 13.1 Å². The molecule has 2 saturated carbocycles. The Morgan fingerprint density at radius 3 is 2.67 bits per heavy atom. The largest absolute Gasteiger partial charge is 0.309 e. The van der Waals surface area contributed by atoms with Crippen LogP contribution in [0.2, 0.25) is 0 Å². The first-order valence-corrected chi connectivity index (χ1v) is 10.0. The first-order chi connectivity index (χ1) is 9.88. The second-order valence-electron chi connectivity index (χ2n) is 6.82. The van der Waals surface area contributed by atoms with Crippen LogP contribution in [0.25, 0.3) is 0 Å². The van der Waals surface area contributed by atoms with Gasteiger partial charge in [0.2, 0.25) is 10.0 Å². The van der Waals surface area contributed by atoms with Crippen LogP contribution in [0.1, 0.15) is 49.5 Å². The molecule has 21 heavy (non-hydrogen) atoms. The fraction of sp³-hybridized carbons (Fsp3) is 0.733. The number of hydrogen-bond donors (Lipinski definition) is 2. The van der Waals surface area contributed by atoms with E-state index in [1.165, 1.54) is 30.6 Å². The van der Waals surface area contributed by atoms with Gasteiger partial charge in [-0.2, -0.15) is 0 Å². The zero-order valence-corrected chi connectivity index (χ0v) is 14.4. The number of hydrogen-bond acceptors (Lipinski definition) is 4. The van der Waals surface area contributed by atoms with Crippen LogP contribution < -0.4 is 10.0 Å². The summed E-state index contributed by atoms with van der Waals surface area (Å²) >= 11 is 1.40. The maximum Gasteiger partial charge on any atom is 0.250 e. The SMILES string of the molecule is Cc1cc(S(=O)(=O)NCC2(C)CCC2)sc1CNC1CC1. The van der Waals surface area contributed by atoms with Crippen LogP contribution >= 0.6 is 11.3 Å². The average molecular weight is 329 g/mol. The highest BCUT2D eigenvalue weighted by atomic mass is 32.2. The van der Waals surface area contributed by atoms with E-state index in [2.05, 4.69) is 17.0 Å². The van der Waals surface area contributed by atoms with E-state index in [0.29, 0.717) is 16.8 Å². The smallest absolute Gasteiger partial charge is 0.250 e. The number of aryl methyl sites for hydroxylation is 1. The molecule has 0 aliphatic heterocycles. The lowest BCUT2D eigenvalue weighted by Crippen LogP contribution is -2.39. The van der Waals surface area contributed by atoms with Crippen LogP contribution in [0.5, 0.6) is 0 Å². The minimum absolute atomic E-state index is 0.162. The Morgan fingerprint density at radius 1 is 1.38 bits per heavy atom. The molecule has 2 N–H and O–H groups in total. The molecule has 0 amide bonds.